The summed E-state index contributed by atoms with van der Waals surface area (Å²) in [5, 5.41) is 11.9. The van der Waals surface area contributed by atoms with Crippen LogP contribution >= 0.6 is 0 Å². The van der Waals surface area contributed by atoms with E-state index in [2.05, 4.69) is 5.32 Å². The van der Waals surface area contributed by atoms with Crippen LogP contribution in [0.3, 0.4) is 0 Å². The number of carbonyl (C=O) groups is 2. The first-order chi connectivity index (χ1) is 8.65. The summed E-state index contributed by atoms with van der Waals surface area (Å²) in [5.74, 6) is 0.186. The van der Waals surface area contributed by atoms with Gasteiger partial charge in [-0.2, -0.15) is 0 Å². The van der Waals surface area contributed by atoms with Crippen molar-refractivity contribution in [2.45, 2.75) is 51.0 Å². The van der Waals surface area contributed by atoms with Gasteiger partial charge in [-0.25, -0.2) is 0 Å². The third kappa shape index (κ3) is 2.52. The second-order valence-electron chi connectivity index (χ2n) is 6.26. The maximum Gasteiger partial charge on any atom is 0.307 e. The average molecular weight is 251 g/mol. The summed E-state index contributed by atoms with van der Waals surface area (Å²) in [5.41, 5.74) is 0. The summed E-state index contributed by atoms with van der Waals surface area (Å²) >= 11 is 0. The largest absolute Gasteiger partial charge is 0.481 e. The van der Waals surface area contributed by atoms with E-state index in [4.69, 9.17) is 5.11 Å². The molecule has 4 atom stereocenters. The molecule has 0 aromatic rings. The quantitative estimate of drug-likeness (QED) is 0.800. The van der Waals surface area contributed by atoms with Gasteiger partial charge in [0, 0.05) is 6.04 Å². The Labute approximate surface area is 107 Å². The molecule has 4 heteroatoms. The number of amides is 1. The number of hydrogen-bond acceptors (Lipinski definition) is 2. The Kier molecular flexibility index (Phi) is 3.04. The van der Waals surface area contributed by atoms with E-state index in [0.717, 1.165) is 24.7 Å². The number of aliphatic carboxylic acids is 1. The molecule has 4 nitrogen and oxygen atoms in total. The molecular formula is C14H21NO3. The summed E-state index contributed by atoms with van der Waals surface area (Å²) in [6, 6.07) is 0.298. The highest BCUT2D eigenvalue weighted by atomic mass is 16.4. The molecule has 0 aliphatic heterocycles. The lowest BCUT2D eigenvalue weighted by molar-refractivity contribution is -0.140. The average Bonchev–Trinajstić information content (AvgIpc) is 3.20. The Morgan fingerprint density at radius 1 is 0.944 bits per heavy atom. The standard InChI is InChI=1S/C14H21NO3/c16-13(11-7-12(11)14(17)18)15-10-3-1-2-9(6-10)8-4-5-8/h8-12H,1-7H2,(H,15,16)(H,17,18)/t9-,10-,11-,12+/m0/s1. The fourth-order valence-corrected chi connectivity index (χ4v) is 3.42. The molecule has 1 amide bonds. The summed E-state index contributed by atoms with van der Waals surface area (Å²) in [6.07, 6.45) is 7.97. The van der Waals surface area contributed by atoms with E-state index in [1.165, 1.54) is 25.7 Å². The lowest BCUT2D eigenvalue weighted by atomic mass is 9.82. The fourth-order valence-electron chi connectivity index (χ4n) is 3.42. The molecule has 3 aliphatic carbocycles. The van der Waals surface area contributed by atoms with Crippen LogP contribution in [-0.2, 0) is 9.59 Å². The monoisotopic (exact) mass is 251 g/mol. The Bertz CT molecular complexity index is 364. The molecule has 0 aromatic carbocycles. The predicted octanol–water partition coefficient (Wildman–Crippen LogP) is 1.79. The number of rotatable bonds is 4. The molecule has 3 saturated carbocycles. The van der Waals surface area contributed by atoms with E-state index in [0.29, 0.717) is 12.5 Å². The molecule has 18 heavy (non-hydrogen) atoms. The van der Waals surface area contributed by atoms with Crippen molar-refractivity contribution in [3.8, 4) is 0 Å². The second-order valence-corrected chi connectivity index (χ2v) is 6.26. The van der Waals surface area contributed by atoms with Crippen molar-refractivity contribution in [3.63, 3.8) is 0 Å². The van der Waals surface area contributed by atoms with Crippen molar-refractivity contribution in [2.24, 2.45) is 23.7 Å². The van der Waals surface area contributed by atoms with Crippen LogP contribution in [0.5, 0.6) is 0 Å². The highest BCUT2D eigenvalue weighted by Gasteiger charge is 2.48. The summed E-state index contributed by atoms with van der Waals surface area (Å²) < 4.78 is 0. The number of carbonyl (C=O) groups excluding carboxylic acids is 1. The minimum Gasteiger partial charge on any atom is -0.481 e. The van der Waals surface area contributed by atoms with E-state index >= 15 is 0 Å². The van der Waals surface area contributed by atoms with Gasteiger partial charge < -0.3 is 10.4 Å². The van der Waals surface area contributed by atoms with Gasteiger partial charge in [-0.3, -0.25) is 9.59 Å². The molecule has 2 N–H and O–H groups in total. The maximum absolute atomic E-state index is 11.9. The van der Waals surface area contributed by atoms with Crippen molar-refractivity contribution in [1.29, 1.82) is 0 Å². The molecule has 0 spiro atoms. The van der Waals surface area contributed by atoms with Crippen molar-refractivity contribution >= 4 is 11.9 Å². The van der Waals surface area contributed by atoms with E-state index < -0.39 is 11.9 Å². The Morgan fingerprint density at radius 3 is 2.33 bits per heavy atom. The van der Waals surface area contributed by atoms with Gasteiger partial charge >= 0.3 is 5.97 Å². The summed E-state index contributed by atoms with van der Waals surface area (Å²) in [6.45, 7) is 0. The molecule has 0 bridgehead atoms. The molecular weight excluding hydrogens is 230 g/mol. The number of nitrogens with one attached hydrogen (secondary N) is 1. The van der Waals surface area contributed by atoms with Crippen LogP contribution in [0.4, 0.5) is 0 Å². The lowest BCUT2D eigenvalue weighted by Crippen LogP contribution is -2.40. The Hall–Kier alpha value is -1.06. The predicted molar refractivity (Wildman–Crippen MR) is 65.8 cm³/mol. The van der Waals surface area contributed by atoms with Gasteiger partial charge in [-0.15, -0.1) is 0 Å². The Balaban J connectivity index is 1.47. The second kappa shape index (κ2) is 4.56. The van der Waals surface area contributed by atoms with Crippen LogP contribution in [0.2, 0.25) is 0 Å². The normalized spacial score (nSPS) is 39.1. The first kappa shape index (κ1) is 12.0. The first-order valence-electron chi connectivity index (χ1n) is 7.18. The van der Waals surface area contributed by atoms with Gasteiger partial charge in [0.25, 0.3) is 0 Å². The van der Waals surface area contributed by atoms with E-state index in [1.54, 1.807) is 0 Å². The Morgan fingerprint density at radius 2 is 1.72 bits per heavy atom. The van der Waals surface area contributed by atoms with Gasteiger partial charge in [0.15, 0.2) is 0 Å². The van der Waals surface area contributed by atoms with Crippen LogP contribution in [-0.4, -0.2) is 23.0 Å². The smallest absolute Gasteiger partial charge is 0.307 e. The molecule has 100 valence electrons. The zero-order valence-electron chi connectivity index (χ0n) is 10.6. The van der Waals surface area contributed by atoms with E-state index in [-0.39, 0.29) is 11.8 Å². The maximum atomic E-state index is 11.9. The van der Waals surface area contributed by atoms with Gasteiger partial charge in [-0.05, 0) is 43.9 Å². The van der Waals surface area contributed by atoms with Crippen molar-refractivity contribution in [2.75, 3.05) is 0 Å². The fraction of sp³-hybridized carbons (Fsp3) is 0.857. The van der Waals surface area contributed by atoms with Crippen molar-refractivity contribution in [3.05, 3.63) is 0 Å². The van der Waals surface area contributed by atoms with E-state index in [1.807, 2.05) is 0 Å². The molecule has 0 unspecified atom stereocenters. The molecule has 0 radical (unpaired) electrons. The molecule has 0 heterocycles. The summed E-state index contributed by atoms with van der Waals surface area (Å²) in [7, 11) is 0. The number of carboxylic acids is 1. The molecule has 0 saturated heterocycles. The van der Waals surface area contributed by atoms with Crippen LogP contribution in [0, 0.1) is 23.7 Å². The lowest BCUT2D eigenvalue weighted by Gasteiger charge is -2.29. The van der Waals surface area contributed by atoms with Crippen molar-refractivity contribution in [1.82, 2.24) is 5.32 Å². The minimum atomic E-state index is -0.824. The highest BCUT2D eigenvalue weighted by Crippen LogP contribution is 2.44. The van der Waals surface area contributed by atoms with Gasteiger partial charge in [0.1, 0.15) is 0 Å². The third-order valence-electron chi connectivity index (χ3n) is 4.79. The van der Waals surface area contributed by atoms with Gasteiger partial charge in [0.05, 0.1) is 11.8 Å². The molecule has 3 rings (SSSR count). The van der Waals surface area contributed by atoms with Gasteiger partial charge in [0.2, 0.25) is 5.91 Å². The summed E-state index contributed by atoms with van der Waals surface area (Å²) in [4.78, 5) is 22.6. The minimum absolute atomic E-state index is 0.0242. The van der Waals surface area contributed by atoms with E-state index in [9.17, 15) is 9.59 Å². The zero-order valence-corrected chi connectivity index (χ0v) is 10.6. The first-order valence-corrected chi connectivity index (χ1v) is 7.18. The van der Waals surface area contributed by atoms with Gasteiger partial charge in [-0.1, -0.05) is 12.8 Å². The molecule has 3 aliphatic rings. The molecule has 0 aromatic heterocycles. The zero-order chi connectivity index (χ0) is 12.7. The number of hydrogen-bond donors (Lipinski definition) is 2. The highest BCUT2D eigenvalue weighted by molar-refractivity contribution is 5.89. The molecule has 3 fully saturated rings. The van der Waals surface area contributed by atoms with Crippen LogP contribution in [0.1, 0.15) is 44.9 Å². The topological polar surface area (TPSA) is 66.4 Å². The van der Waals surface area contributed by atoms with Crippen LogP contribution in [0.25, 0.3) is 0 Å². The van der Waals surface area contributed by atoms with Crippen LogP contribution < -0.4 is 5.32 Å². The third-order valence-corrected chi connectivity index (χ3v) is 4.79. The SMILES string of the molecule is O=C(N[C@H]1CCC[C@H](C2CC2)C1)[C@H]1C[C@H]1C(=O)O. The number of carboxylic acid groups (broad SMARTS) is 1. The van der Waals surface area contributed by atoms with Crippen LogP contribution in [0.15, 0.2) is 0 Å². The van der Waals surface area contributed by atoms with Crippen molar-refractivity contribution < 1.29 is 14.7 Å².